The summed E-state index contributed by atoms with van der Waals surface area (Å²) in [5.74, 6) is 0.957. The van der Waals surface area contributed by atoms with Crippen molar-refractivity contribution in [3.05, 3.63) is 131 Å². The molecule has 0 aliphatic carbocycles. The molecule has 0 atom stereocenters. The maximum absolute atomic E-state index is 13.2. The predicted molar refractivity (Wildman–Crippen MR) is 187 cm³/mol. The van der Waals surface area contributed by atoms with Crippen LogP contribution in [0.15, 0.2) is 97.6 Å². The Labute approximate surface area is 278 Å². The topological polar surface area (TPSA) is 75.8 Å². The molecule has 0 saturated heterocycles. The van der Waals surface area contributed by atoms with E-state index < -0.39 is 0 Å². The van der Waals surface area contributed by atoms with Gasteiger partial charge in [0, 0.05) is 22.2 Å². The number of unbranched alkanes of at least 4 members (excludes halogenated alkanes) is 1. The first-order valence-electron chi connectivity index (χ1n) is 16.3. The van der Waals surface area contributed by atoms with Gasteiger partial charge >= 0.3 is 23.5 Å². The summed E-state index contributed by atoms with van der Waals surface area (Å²) in [6.07, 6.45) is 9.71. The van der Waals surface area contributed by atoms with E-state index in [1.807, 2.05) is 88.5 Å². The number of benzene rings is 3. The van der Waals surface area contributed by atoms with Crippen molar-refractivity contribution >= 4 is 23.2 Å². The molecule has 2 amide bonds. The van der Waals surface area contributed by atoms with Crippen LogP contribution in [0, 0.1) is 0 Å². The van der Waals surface area contributed by atoms with Crippen LogP contribution < -0.4 is 19.8 Å². The molecular formula is C39H48N6O2+2. The van der Waals surface area contributed by atoms with E-state index in [1.54, 1.807) is 0 Å². The van der Waals surface area contributed by atoms with E-state index in [-0.39, 0.29) is 22.6 Å². The van der Waals surface area contributed by atoms with Gasteiger partial charge in [0.05, 0.1) is 27.7 Å². The van der Waals surface area contributed by atoms with Crippen molar-refractivity contribution in [3.63, 3.8) is 0 Å². The van der Waals surface area contributed by atoms with Crippen molar-refractivity contribution in [2.45, 2.75) is 64.8 Å². The number of nitrogens with zero attached hydrogens (tertiary/aromatic N) is 4. The molecule has 0 fully saturated rings. The number of carbonyl (C=O) groups excluding carboxylic acids is 2. The van der Waals surface area contributed by atoms with Gasteiger partial charge in [-0.25, -0.2) is 18.3 Å². The first-order chi connectivity index (χ1) is 22.3. The Kier molecular flexibility index (Phi) is 9.52. The average Bonchev–Trinajstić information content (AvgIpc) is 3.60. The number of hydrogen-bond acceptors (Lipinski definition) is 2. The summed E-state index contributed by atoms with van der Waals surface area (Å²) >= 11 is 0. The SMILES string of the molecule is CCCCn1cc[n+](C)c1C(=O)Nc1ccc(C(C)(C)c2cccc(C(C)(C)c3ccc(NC(=O)c4n(C)cc[n+]4C)cc3)c2)cc1. The Bertz CT molecular complexity index is 1860. The van der Waals surface area contributed by atoms with E-state index in [9.17, 15) is 9.59 Å². The molecule has 0 spiro atoms. The minimum absolute atomic E-state index is 0.115. The monoisotopic (exact) mass is 632 g/mol. The molecule has 2 heterocycles. The standard InChI is InChI=1S/C39H46N6O2/c1-9-10-22-45-26-25-44(8)37(45)35(47)41-33-20-16-29(17-21-33)39(4,5)31-13-11-12-30(27-31)38(2,3)28-14-18-32(19-15-28)40-34(46)36-42(6)23-24-43(36)7/h11-21,23-27H,9-10,22H2,1-8H3/p+2. The molecule has 244 valence electrons. The highest BCUT2D eigenvalue weighted by Crippen LogP contribution is 2.37. The van der Waals surface area contributed by atoms with E-state index in [0.717, 1.165) is 41.9 Å². The van der Waals surface area contributed by atoms with Crippen LogP contribution in [0.2, 0.25) is 0 Å². The molecule has 0 bridgehead atoms. The number of aryl methyl sites for hydroxylation is 4. The van der Waals surface area contributed by atoms with Crippen LogP contribution >= 0.6 is 0 Å². The van der Waals surface area contributed by atoms with Crippen molar-refractivity contribution < 1.29 is 18.7 Å². The number of rotatable bonds is 11. The Morgan fingerprint density at radius 2 is 1.15 bits per heavy atom. The largest absolute Gasteiger partial charge is 0.348 e. The molecule has 0 aliphatic heterocycles. The summed E-state index contributed by atoms with van der Waals surface area (Å²) < 4.78 is 7.50. The maximum Gasteiger partial charge on any atom is 0.348 e. The molecule has 5 aromatic rings. The van der Waals surface area contributed by atoms with Crippen molar-refractivity contribution in [3.8, 4) is 0 Å². The highest BCUT2D eigenvalue weighted by Gasteiger charge is 2.29. The lowest BCUT2D eigenvalue weighted by Gasteiger charge is -2.31. The zero-order valence-corrected chi connectivity index (χ0v) is 29.0. The third-order valence-corrected chi connectivity index (χ3v) is 9.45. The summed E-state index contributed by atoms with van der Waals surface area (Å²) in [7, 11) is 5.63. The Morgan fingerprint density at radius 3 is 1.62 bits per heavy atom. The van der Waals surface area contributed by atoms with Crippen molar-refractivity contribution in [2.75, 3.05) is 10.6 Å². The van der Waals surface area contributed by atoms with Crippen LogP contribution in [0.5, 0.6) is 0 Å². The molecule has 8 heteroatoms. The third kappa shape index (κ3) is 6.92. The normalized spacial score (nSPS) is 11.8. The summed E-state index contributed by atoms with van der Waals surface area (Å²) in [5, 5.41) is 6.11. The second kappa shape index (κ2) is 13.4. The minimum Gasteiger partial charge on any atom is -0.315 e. The van der Waals surface area contributed by atoms with Gasteiger partial charge in [-0.15, -0.1) is 0 Å². The molecule has 2 aromatic heterocycles. The molecule has 2 N–H and O–H groups in total. The van der Waals surface area contributed by atoms with Gasteiger partial charge in [-0.05, 0) is 52.9 Å². The lowest BCUT2D eigenvalue weighted by molar-refractivity contribution is -0.672. The Balaban J connectivity index is 1.30. The fourth-order valence-corrected chi connectivity index (χ4v) is 6.18. The van der Waals surface area contributed by atoms with Gasteiger partial charge in [0.1, 0.15) is 24.8 Å². The number of hydrogen-bond donors (Lipinski definition) is 2. The zero-order chi connectivity index (χ0) is 33.9. The van der Waals surface area contributed by atoms with Gasteiger partial charge < -0.3 is 10.6 Å². The van der Waals surface area contributed by atoms with Gasteiger partial charge in [-0.1, -0.05) is 89.6 Å². The Hall–Kier alpha value is -4.98. The first-order valence-corrected chi connectivity index (χ1v) is 16.3. The third-order valence-electron chi connectivity index (χ3n) is 9.45. The molecule has 8 nitrogen and oxygen atoms in total. The van der Waals surface area contributed by atoms with Crippen LogP contribution in [0.1, 0.15) is 91.0 Å². The van der Waals surface area contributed by atoms with Crippen molar-refractivity contribution in [1.82, 2.24) is 9.13 Å². The number of aromatic nitrogens is 4. The van der Waals surface area contributed by atoms with Gasteiger partial charge in [0.25, 0.3) is 0 Å². The first kappa shape index (κ1) is 33.4. The molecule has 47 heavy (non-hydrogen) atoms. The molecule has 3 aromatic carbocycles. The quantitative estimate of drug-likeness (QED) is 0.165. The zero-order valence-electron chi connectivity index (χ0n) is 29.0. The lowest BCUT2D eigenvalue weighted by Crippen LogP contribution is -2.37. The van der Waals surface area contributed by atoms with E-state index in [4.69, 9.17) is 0 Å². The molecule has 0 aliphatic rings. The number of nitrogens with one attached hydrogen (secondary N) is 2. The van der Waals surface area contributed by atoms with Gasteiger partial charge in [0.15, 0.2) is 0 Å². The molecular weight excluding hydrogens is 584 g/mol. The van der Waals surface area contributed by atoms with E-state index in [0.29, 0.717) is 11.6 Å². The Morgan fingerprint density at radius 1 is 0.681 bits per heavy atom. The highest BCUT2D eigenvalue weighted by atomic mass is 16.2. The number of imidazole rings is 2. The van der Waals surface area contributed by atoms with Crippen molar-refractivity contribution in [1.29, 1.82) is 0 Å². The van der Waals surface area contributed by atoms with Crippen molar-refractivity contribution in [2.24, 2.45) is 21.1 Å². The maximum atomic E-state index is 13.2. The smallest absolute Gasteiger partial charge is 0.315 e. The minimum atomic E-state index is -0.267. The van der Waals surface area contributed by atoms with Gasteiger partial charge in [0.2, 0.25) is 0 Å². The molecule has 0 radical (unpaired) electrons. The van der Waals surface area contributed by atoms with Crippen LogP contribution in [0.25, 0.3) is 0 Å². The van der Waals surface area contributed by atoms with Crippen LogP contribution in [-0.4, -0.2) is 20.9 Å². The second-order valence-electron chi connectivity index (χ2n) is 13.5. The fourth-order valence-electron chi connectivity index (χ4n) is 6.18. The fraction of sp³-hybridized carbons (Fsp3) is 0.333. The molecule has 0 unspecified atom stereocenters. The van der Waals surface area contributed by atoms with E-state index >= 15 is 0 Å². The number of amides is 2. The summed E-state index contributed by atoms with van der Waals surface area (Å²) in [4.78, 5) is 26.1. The number of anilines is 2. The van der Waals surface area contributed by atoms with Crippen LogP contribution in [0.3, 0.4) is 0 Å². The van der Waals surface area contributed by atoms with Gasteiger partial charge in [-0.2, -0.15) is 0 Å². The highest BCUT2D eigenvalue weighted by molar-refractivity contribution is 6.01. The van der Waals surface area contributed by atoms with Crippen LogP contribution in [-0.2, 0) is 38.5 Å². The summed E-state index contributed by atoms with van der Waals surface area (Å²) in [6.45, 7) is 11.9. The van der Waals surface area contributed by atoms with Gasteiger partial charge in [-0.3, -0.25) is 9.59 Å². The summed E-state index contributed by atoms with van der Waals surface area (Å²) in [5.41, 5.74) is 5.72. The molecule has 0 saturated carbocycles. The summed E-state index contributed by atoms with van der Waals surface area (Å²) in [6, 6.07) is 25.1. The second-order valence-corrected chi connectivity index (χ2v) is 13.5. The predicted octanol–water partition coefficient (Wildman–Crippen LogP) is 6.43. The van der Waals surface area contributed by atoms with E-state index in [2.05, 4.69) is 93.8 Å². The van der Waals surface area contributed by atoms with Crippen LogP contribution in [0.4, 0.5) is 11.4 Å². The number of carbonyl (C=O) groups is 2. The lowest BCUT2D eigenvalue weighted by atomic mass is 9.73. The average molecular weight is 633 g/mol. The molecule has 5 rings (SSSR count). The van der Waals surface area contributed by atoms with E-state index in [1.165, 1.54) is 11.1 Å².